The van der Waals surface area contributed by atoms with Crippen molar-refractivity contribution in [2.24, 2.45) is 7.05 Å². The van der Waals surface area contributed by atoms with Crippen molar-refractivity contribution in [1.82, 2.24) is 9.78 Å². The van der Waals surface area contributed by atoms with Crippen LogP contribution in [0.5, 0.6) is 0 Å². The molecule has 26 heavy (non-hydrogen) atoms. The van der Waals surface area contributed by atoms with Crippen molar-refractivity contribution in [3.05, 3.63) is 42.1 Å². The van der Waals surface area contributed by atoms with Crippen LogP contribution >= 0.6 is 0 Å². The van der Waals surface area contributed by atoms with E-state index in [1.165, 1.54) is 0 Å². The SMILES string of the molecule is Cn1nc(-c2ccccc2)cc1CC(=O)C(C)(C)S(=O)(=O)C1CCCC1. The Morgan fingerprint density at radius 2 is 1.81 bits per heavy atom. The molecule has 0 N–H and O–H groups in total. The third-order valence-electron chi connectivity index (χ3n) is 5.51. The molecule has 1 fully saturated rings. The first-order valence-electron chi connectivity index (χ1n) is 9.08. The van der Waals surface area contributed by atoms with E-state index in [-0.39, 0.29) is 17.5 Å². The Morgan fingerprint density at radius 3 is 2.42 bits per heavy atom. The number of aromatic nitrogens is 2. The summed E-state index contributed by atoms with van der Waals surface area (Å²) in [6, 6.07) is 11.6. The number of hydrogen-bond donors (Lipinski definition) is 0. The lowest BCUT2D eigenvalue weighted by Gasteiger charge is -2.27. The van der Waals surface area contributed by atoms with Gasteiger partial charge in [0, 0.05) is 18.3 Å². The van der Waals surface area contributed by atoms with Crippen LogP contribution in [0.4, 0.5) is 0 Å². The van der Waals surface area contributed by atoms with Crippen molar-refractivity contribution >= 4 is 15.6 Å². The van der Waals surface area contributed by atoms with Gasteiger partial charge in [0.2, 0.25) is 0 Å². The lowest BCUT2D eigenvalue weighted by Crippen LogP contribution is -2.46. The first-order chi connectivity index (χ1) is 12.2. The van der Waals surface area contributed by atoms with Crippen LogP contribution in [0.15, 0.2) is 36.4 Å². The summed E-state index contributed by atoms with van der Waals surface area (Å²) < 4.78 is 26.2. The summed E-state index contributed by atoms with van der Waals surface area (Å²) in [7, 11) is -1.71. The number of carbonyl (C=O) groups is 1. The minimum Gasteiger partial charge on any atom is -0.298 e. The third kappa shape index (κ3) is 3.34. The zero-order chi connectivity index (χ0) is 18.9. The molecule has 1 aliphatic carbocycles. The molecule has 140 valence electrons. The molecule has 0 unspecified atom stereocenters. The number of rotatable bonds is 6. The van der Waals surface area contributed by atoms with E-state index in [4.69, 9.17) is 0 Å². The minimum atomic E-state index is -3.49. The fourth-order valence-corrected chi connectivity index (χ4v) is 5.75. The highest BCUT2D eigenvalue weighted by atomic mass is 32.2. The van der Waals surface area contributed by atoms with Crippen molar-refractivity contribution in [1.29, 1.82) is 0 Å². The molecular weight excluding hydrogens is 348 g/mol. The Hall–Kier alpha value is -1.95. The van der Waals surface area contributed by atoms with Crippen LogP contribution < -0.4 is 0 Å². The van der Waals surface area contributed by atoms with Gasteiger partial charge in [0.25, 0.3) is 0 Å². The normalized spacial score (nSPS) is 16.1. The van der Waals surface area contributed by atoms with Crippen LogP contribution in [-0.2, 0) is 28.1 Å². The molecule has 3 rings (SSSR count). The Labute approximate surface area is 155 Å². The zero-order valence-corrected chi connectivity index (χ0v) is 16.4. The molecule has 1 aliphatic rings. The highest BCUT2D eigenvalue weighted by molar-refractivity contribution is 7.94. The van der Waals surface area contributed by atoms with Gasteiger partial charge in [-0.3, -0.25) is 9.48 Å². The van der Waals surface area contributed by atoms with Gasteiger partial charge in [-0.1, -0.05) is 43.2 Å². The molecule has 1 heterocycles. The van der Waals surface area contributed by atoms with Gasteiger partial charge in [0.15, 0.2) is 15.6 Å². The molecule has 0 bridgehead atoms. The molecule has 0 saturated heterocycles. The van der Waals surface area contributed by atoms with Crippen LogP contribution in [0.25, 0.3) is 11.3 Å². The summed E-state index contributed by atoms with van der Waals surface area (Å²) in [6.07, 6.45) is 3.26. The van der Waals surface area contributed by atoms with Crippen molar-refractivity contribution in [2.75, 3.05) is 0 Å². The lowest BCUT2D eigenvalue weighted by molar-refractivity contribution is -0.120. The maximum atomic E-state index is 13.0. The van der Waals surface area contributed by atoms with Crippen molar-refractivity contribution in [3.8, 4) is 11.3 Å². The van der Waals surface area contributed by atoms with Crippen LogP contribution in [0.3, 0.4) is 0 Å². The second-order valence-corrected chi connectivity index (χ2v) is 10.3. The summed E-state index contributed by atoms with van der Waals surface area (Å²) in [5.74, 6) is -0.271. The Balaban J connectivity index is 1.82. The summed E-state index contributed by atoms with van der Waals surface area (Å²) >= 11 is 0. The van der Waals surface area contributed by atoms with Crippen molar-refractivity contribution < 1.29 is 13.2 Å². The fourth-order valence-electron chi connectivity index (χ4n) is 3.57. The minimum absolute atomic E-state index is 0.0648. The first kappa shape index (κ1) is 18.8. The lowest BCUT2D eigenvalue weighted by atomic mass is 10.0. The van der Waals surface area contributed by atoms with E-state index in [9.17, 15) is 13.2 Å². The van der Waals surface area contributed by atoms with Crippen LogP contribution in [0.1, 0.15) is 45.2 Å². The molecule has 0 aliphatic heterocycles. The van der Waals surface area contributed by atoms with Crippen molar-refractivity contribution in [2.45, 2.75) is 55.9 Å². The van der Waals surface area contributed by atoms with Gasteiger partial charge in [-0.15, -0.1) is 0 Å². The molecule has 2 aromatic rings. The Bertz CT molecular complexity index is 892. The van der Waals surface area contributed by atoms with E-state index >= 15 is 0 Å². The van der Waals surface area contributed by atoms with Crippen LogP contribution in [0, 0.1) is 0 Å². The van der Waals surface area contributed by atoms with Crippen LogP contribution in [-0.4, -0.2) is 34.0 Å². The van der Waals surface area contributed by atoms with Gasteiger partial charge in [-0.2, -0.15) is 5.10 Å². The predicted octanol–water partition coefficient (Wildman–Crippen LogP) is 3.33. The number of nitrogens with zero attached hydrogens (tertiary/aromatic N) is 2. The van der Waals surface area contributed by atoms with Gasteiger partial charge in [0.1, 0.15) is 4.75 Å². The molecule has 0 radical (unpaired) electrons. The summed E-state index contributed by atoms with van der Waals surface area (Å²) in [5, 5.41) is 4.09. The molecule has 0 amide bonds. The number of hydrogen-bond acceptors (Lipinski definition) is 4. The quantitative estimate of drug-likeness (QED) is 0.778. The molecular formula is C20H26N2O3S. The fraction of sp³-hybridized carbons (Fsp3) is 0.500. The van der Waals surface area contributed by atoms with E-state index in [1.807, 2.05) is 36.4 Å². The summed E-state index contributed by atoms with van der Waals surface area (Å²) in [6.45, 7) is 3.11. The molecule has 1 saturated carbocycles. The molecule has 5 nitrogen and oxygen atoms in total. The molecule has 0 spiro atoms. The number of sulfone groups is 1. The molecule has 1 aromatic carbocycles. The number of ketones is 1. The van der Waals surface area contributed by atoms with Gasteiger partial charge in [-0.25, -0.2) is 8.42 Å². The maximum Gasteiger partial charge on any atom is 0.165 e. The van der Waals surface area contributed by atoms with Gasteiger partial charge < -0.3 is 0 Å². The van der Waals surface area contributed by atoms with Crippen molar-refractivity contribution in [3.63, 3.8) is 0 Å². The smallest absolute Gasteiger partial charge is 0.165 e. The van der Waals surface area contributed by atoms with Gasteiger partial charge >= 0.3 is 0 Å². The van der Waals surface area contributed by atoms with E-state index in [2.05, 4.69) is 5.10 Å². The van der Waals surface area contributed by atoms with Gasteiger partial charge in [0.05, 0.1) is 17.4 Å². The number of aryl methyl sites for hydroxylation is 1. The number of benzene rings is 1. The third-order valence-corrected chi connectivity index (χ3v) is 8.51. The van der Waals surface area contributed by atoms with Crippen LogP contribution in [0.2, 0.25) is 0 Å². The highest BCUT2D eigenvalue weighted by Gasteiger charge is 2.46. The number of carbonyl (C=O) groups excluding carboxylic acids is 1. The highest BCUT2D eigenvalue weighted by Crippen LogP contribution is 2.33. The van der Waals surface area contributed by atoms with E-state index in [0.717, 1.165) is 29.8 Å². The Morgan fingerprint density at radius 1 is 1.19 bits per heavy atom. The van der Waals surface area contributed by atoms with E-state index in [1.54, 1.807) is 25.6 Å². The zero-order valence-electron chi connectivity index (χ0n) is 15.6. The van der Waals surface area contributed by atoms with E-state index in [0.29, 0.717) is 12.8 Å². The largest absolute Gasteiger partial charge is 0.298 e. The van der Waals surface area contributed by atoms with Gasteiger partial charge in [-0.05, 0) is 32.8 Å². The first-order valence-corrected chi connectivity index (χ1v) is 10.6. The average Bonchev–Trinajstić information content (AvgIpc) is 3.26. The summed E-state index contributed by atoms with van der Waals surface area (Å²) in [5.41, 5.74) is 2.48. The molecule has 6 heteroatoms. The molecule has 1 aromatic heterocycles. The summed E-state index contributed by atoms with van der Waals surface area (Å²) in [4.78, 5) is 12.9. The second kappa shape index (κ2) is 6.99. The second-order valence-electron chi connectivity index (χ2n) is 7.57. The molecule has 0 atom stereocenters. The average molecular weight is 375 g/mol. The topological polar surface area (TPSA) is 69.0 Å². The van der Waals surface area contributed by atoms with E-state index < -0.39 is 14.6 Å². The number of Topliss-reactive ketones (excluding diaryl/α,β-unsaturated/α-hetero) is 1. The predicted molar refractivity (Wildman–Crippen MR) is 103 cm³/mol. The Kier molecular flexibility index (Phi) is 5.06. The maximum absolute atomic E-state index is 13.0. The standard InChI is InChI=1S/C20H26N2O3S/c1-20(2,26(24,25)17-11-7-8-12-17)19(23)14-16-13-18(21-22(16)3)15-9-5-4-6-10-15/h4-6,9-10,13,17H,7-8,11-12,14H2,1-3H3. The monoisotopic (exact) mass is 374 g/mol.